The highest BCUT2D eigenvalue weighted by atomic mass is 16.1. The predicted octanol–water partition coefficient (Wildman–Crippen LogP) is 2.52. The lowest BCUT2D eigenvalue weighted by molar-refractivity contribution is -0.122. The monoisotopic (exact) mass is 197 g/mol. The molecule has 0 spiro atoms. The molecule has 0 bridgehead atoms. The van der Waals surface area contributed by atoms with Crippen molar-refractivity contribution in [1.29, 1.82) is 0 Å². The fraction of sp³-hybridized carbons (Fsp3) is 0.917. The minimum absolute atomic E-state index is 0.169. The third-order valence-corrected chi connectivity index (χ3v) is 3.03. The summed E-state index contributed by atoms with van der Waals surface area (Å²) in [4.78, 5) is 11.8. The van der Waals surface area contributed by atoms with E-state index in [0.717, 1.165) is 19.4 Å². The normalized spacial score (nSPS) is 24.6. The summed E-state index contributed by atoms with van der Waals surface area (Å²) in [6, 6.07) is 0.169. The van der Waals surface area contributed by atoms with E-state index in [-0.39, 0.29) is 6.04 Å². The third-order valence-electron chi connectivity index (χ3n) is 3.03. The molecule has 0 aromatic heterocycles. The lowest BCUT2D eigenvalue weighted by Crippen LogP contribution is -2.40. The Hall–Kier alpha value is -0.370. The van der Waals surface area contributed by atoms with Crippen LogP contribution in [0.2, 0.25) is 0 Å². The lowest BCUT2D eigenvalue weighted by Gasteiger charge is -2.23. The molecule has 0 aromatic carbocycles. The van der Waals surface area contributed by atoms with E-state index < -0.39 is 0 Å². The number of nitrogens with one attached hydrogen (secondary N) is 1. The van der Waals surface area contributed by atoms with E-state index in [1.807, 2.05) is 0 Å². The number of rotatable bonds is 5. The maximum atomic E-state index is 11.8. The summed E-state index contributed by atoms with van der Waals surface area (Å²) < 4.78 is 0. The zero-order valence-electron chi connectivity index (χ0n) is 9.51. The molecule has 1 fully saturated rings. The second-order valence-corrected chi connectivity index (χ2v) is 4.57. The van der Waals surface area contributed by atoms with Gasteiger partial charge in [0.15, 0.2) is 0 Å². The topological polar surface area (TPSA) is 29.1 Å². The Balaban J connectivity index is 2.25. The average molecular weight is 197 g/mol. The number of carbonyl (C=O) groups excluding carboxylic acids is 1. The van der Waals surface area contributed by atoms with E-state index in [2.05, 4.69) is 19.2 Å². The van der Waals surface area contributed by atoms with Gasteiger partial charge in [-0.1, -0.05) is 33.1 Å². The van der Waals surface area contributed by atoms with Gasteiger partial charge in [0.2, 0.25) is 0 Å². The second kappa shape index (κ2) is 6.18. The van der Waals surface area contributed by atoms with E-state index in [0.29, 0.717) is 11.7 Å². The lowest BCUT2D eigenvalue weighted by atomic mass is 9.92. The van der Waals surface area contributed by atoms with Crippen LogP contribution < -0.4 is 5.32 Å². The Bertz CT molecular complexity index is 173. The van der Waals surface area contributed by atoms with Crippen LogP contribution in [0.5, 0.6) is 0 Å². The van der Waals surface area contributed by atoms with E-state index in [9.17, 15) is 4.79 Å². The largest absolute Gasteiger partial charge is 0.307 e. The van der Waals surface area contributed by atoms with Crippen molar-refractivity contribution in [3.63, 3.8) is 0 Å². The first-order valence-electron chi connectivity index (χ1n) is 6.00. The number of Topliss-reactive ketones (excluding diaryl/α,β-unsaturated/α-hetero) is 1. The average Bonchev–Trinajstić information content (AvgIpc) is 2.19. The molecule has 1 N–H and O–H groups in total. The first kappa shape index (κ1) is 11.7. The minimum atomic E-state index is 0.169. The Labute approximate surface area is 87.5 Å². The highest BCUT2D eigenvalue weighted by Gasteiger charge is 2.21. The fourth-order valence-electron chi connectivity index (χ4n) is 2.21. The Morgan fingerprint density at radius 3 is 2.86 bits per heavy atom. The zero-order chi connectivity index (χ0) is 10.4. The van der Waals surface area contributed by atoms with Gasteiger partial charge in [0, 0.05) is 6.42 Å². The molecule has 1 rings (SSSR count). The summed E-state index contributed by atoms with van der Waals surface area (Å²) in [5.41, 5.74) is 0. The molecule has 2 unspecified atom stereocenters. The maximum Gasteiger partial charge on any atom is 0.150 e. The van der Waals surface area contributed by atoms with Crippen molar-refractivity contribution in [2.24, 2.45) is 5.92 Å². The minimum Gasteiger partial charge on any atom is -0.307 e. The van der Waals surface area contributed by atoms with Crippen LogP contribution in [-0.4, -0.2) is 18.4 Å². The maximum absolute atomic E-state index is 11.8. The summed E-state index contributed by atoms with van der Waals surface area (Å²) in [6.07, 6.45) is 6.63. The van der Waals surface area contributed by atoms with Gasteiger partial charge >= 0.3 is 0 Å². The summed E-state index contributed by atoms with van der Waals surface area (Å²) in [6.45, 7) is 5.39. The van der Waals surface area contributed by atoms with Crippen LogP contribution in [0.3, 0.4) is 0 Å². The number of hydrogen-bond donors (Lipinski definition) is 1. The van der Waals surface area contributed by atoms with Crippen molar-refractivity contribution in [3.05, 3.63) is 0 Å². The first-order chi connectivity index (χ1) is 6.74. The van der Waals surface area contributed by atoms with Gasteiger partial charge in [-0.25, -0.2) is 0 Å². The SMILES string of the molecule is CCCC(C)CC(=O)C1CCCCN1. The highest BCUT2D eigenvalue weighted by molar-refractivity contribution is 5.84. The van der Waals surface area contributed by atoms with Gasteiger partial charge in [0.25, 0.3) is 0 Å². The van der Waals surface area contributed by atoms with Gasteiger partial charge in [0.1, 0.15) is 5.78 Å². The molecule has 1 aliphatic rings. The molecule has 0 aromatic rings. The number of hydrogen-bond acceptors (Lipinski definition) is 2. The van der Waals surface area contributed by atoms with Crippen molar-refractivity contribution in [1.82, 2.24) is 5.32 Å². The third kappa shape index (κ3) is 3.79. The van der Waals surface area contributed by atoms with Crippen LogP contribution in [-0.2, 0) is 4.79 Å². The summed E-state index contributed by atoms with van der Waals surface area (Å²) in [5, 5.41) is 3.32. The predicted molar refractivity (Wildman–Crippen MR) is 59.3 cm³/mol. The summed E-state index contributed by atoms with van der Waals surface area (Å²) in [7, 11) is 0. The molecule has 1 saturated heterocycles. The van der Waals surface area contributed by atoms with Crippen molar-refractivity contribution in [2.45, 2.75) is 58.4 Å². The molecule has 14 heavy (non-hydrogen) atoms. The van der Waals surface area contributed by atoms with Crippen LogP contribution in [0, 0.1) is 5.92 Å². The molecule has 2 atom stereocenters. The van der Waals surface area contributed by atoms with Crippen LogP contribution in [0.25, 0.3) is 0 Å². The molecule has 0 aliphatic carbocycles. The van der Waals surface area contributed by atoms with Crippen molar-refractivity contribution < 1.29 is 4.79 Å². The standard InChI is InChI=1S/C12H23NO/c1-3-6-10(2)9-12(14)11-7-4-5-8-13-11/h10-11,13H,3-9H2,1-2H3. The van der Waals surface area contributed by atoms with E-state index in [1.54, 1.807) is 0 Å². The molecule has 2 nitrogen and oxygen atoms in total. The zero-order valence-corrected chi connectivity index (χ0v) is 9.51. The molecular weight excluding hydrogens is 174 g/mol. The van der Waals surface area contributed by atoms with Gasteiger partial charge in [-0.05, 0) is 25.3 Å². The molecule has 82 valence electrons. The molecule has 2 heteroatoms. The van der Waals surface area contributed by atoms with Crippen LogP contribution in [0.4, 0.5) is 0 Å². The van der Waals surface area contributed by atoms with Crippen molar-refractivity contribution >= 4 is 5.78 Å². The second-order valence-electron chi connectivity index (χ2n) is 4.57. The molecule has 0 radical (unpaired) electrons. The van der Waals surface area contributed by atoms with E-state index in [4.69, 9.17) is 0 Å². The van der Waals surface area contributed by atoms with Gasteiger partial charge in [-0.3, -0.25) is 4.79 Å². The molecule has 0 amide bonds. The van der Waals surface area contributed by atoms with E-state index in [1.165, 1.54) is 25.7 Å². The quantitative estimate of drug-likeness (QED) is 0.733. The van der Waals surface area contributed by atoms with Crippen LogP contribution in [0.1, 0.15) is 52.4 Å². The number of ketones is 1. The number of carbonyl (C=O) groups is 1. The Kier molecular flexibility index (Phi) is 5.16. The summed E-state index contributed by atoms with van der Waals surface area (Å²) in [5.74, 6) is 1.00. The summed E-state index contributed by atoms with van der Waals surface area (Å²) >= 11 is 0. The van der Waals surface area contributed by atoms with Gasteiger partial charge in [-0.15, -0.1) is 0 Å². The van der Waals surface area contributed by atoms with Crippen molar-refractivity contribution in [2.75, 3.05) is 6.54 Å². The van der Waals surface area contributed by atoms with Gasteiger partial charge in [0.05, 0.1) is 6.04 Å². The molecule has 1 aliphatic heterocycles. The fourth-order valence-corrected chi connectivity index (χ4v) is 2.21. The molecule has 1 heterocycles. The smallest absolute Gasteiger partial charge is 0.150 e. The van der Waals surface area contributed by atoms with Gasteiger partial charge in [-0.2, -0.15) is 0 Å². The first-order valence-corrected chi connectivity index (χ1v) is 6.00. The highest BCUT2D eigenvalue weighted by Crippen LogP contribution is 2.15. The molecule has 0 saturated carbocycles. The van der Waals surface area contributed by atoms with Crippen LogP contribution >= 0.6 is 0 Å². The Morgan fingerprint density at radius 1 is 1.50 bits per heavy atom. The number of piperidine rings is 1. The van der Waals surface area contributed by atoms with Crippen molar-refractivity contribution in [3.8, 4) is 0 Å². The Morgan fingerprint density at radius 2 is 2.29 bits per heavy atom. The van der Waals surface area contributed by atoms with E-state index >= 15 is 0 Å². The molecular formula is C12H23NO. The van der Waals surface area contributed by atoms with Crippen LogP contribution in [0.15, 0.2) is 0 Å². The van der Waals surface area contributed by atoms with Gasteiger partial charge < -0.3 is 5.32 Å².